The monoisotopic (exact) mass is 353 g/mol. The van der Waals surface area contributed by atoms with Crippen molar-refractivity contribution in [3.05, 3.63) is 35.9 Å². The number of rotatable bonds is 6. The third kappa shape index (κ3) is 3.93. The first-order valence-electron chi connectivity index (χ1n) is 9.14. The normalized spacial score (nSPS) is 21.4. The lowest BCUT2D eigenvalue weighted by Crippen LogP contribution is -2.39. The summed E-state index contributed by atoms with van der Waals surface area (Å²) in [5, 5.41) is 12.0. The molecule has 1 aromatic rings. The van der Waals surface area contributed by atoms with E-state index in [4.69, 9.17) is 0 Å². The first kappa shape index (κ1) is 18.1. The number of amides is 2. The number of likely N-dealkylation sites (tertiary alicyclic amines) is 1. The highest BCUT2D eigenvalue weighted by Gasteiger charge is 2.42. The fraction of sp³-hybridized carbons (Fsp3) is 0.500. The Labute approximate surface area is 153 Å². The van der Waals surface area contributed by atoms with E-state index in [1.54, 1.807) is 4.90 Å². The second-order valence-corrected chi connectivity index (χ2v) is 7.05. The van der Waals surface area contributed by atoms with Crippen LogP contribution >= 0.6 is 0 Å². The molecular formula is C20H23N3O3. The van der Waals surface area contributed by atoms with Crippen LogP contribution in [0.3, 0.4) is 0 Å². The van der Waals surface area contributed by atoms with Crippen LogP contribution in [0.1, 0.15) is 37.7 Å². The van der Waals surface area contributed by atoms with E-state index in [2.05, 4.69) is 5.32 Å². The number of Topliss-reactive ketones (excluding diaryl/α,β-unsaturated/α-hetero) is 1. The van der Waals surface area contributed by atoms with Crippen molar-refractivity contribution < 1.29 is 14.4 Å². The van der Waals surface area contributed by atoms with Crippen LogP contribution in [0.15, 0.2) is 30.3 Å². The van der Waals surface area contributed by atoms with Crippen molar-refractivity contribution in [2.75, 3.05) is 6.54 Å². The molecule has 26 heavy (non-hydrogen) atoms. The molecule has 1 heterocycles. The van der Waals surface area contributed by atoms with E-state index in [9.17, 15) is 19.6 Å². The molecule has 0 unspecified atom stereocenters. The lowest BCUT2D eigenvalue weighted by molar-refractivity contribution is -0.134. The summed E-state index contributed by atoms with van der Waals surface area (Å²) in [5.41, 5.74) is 0.897. The van der Waals surface area contributed by atoms with E-state index in [1.807, 2.05) is 36.4 Å². The number of benzene rings is 1. The standard InChI is InChI=1S/C20H23N3O3/c21-11-17(20(26)22-12-14-6-2-1-3-7-14)19(25)15-10-18(24)23(13-15)16-8-4-5-9-16/h1-3,6-7,15-17H,4-5,8-10,12-13H2,(H,22,26)/t15-,17-/m0/s1. The van der Waals surface area contributed by atoms with E-state index >= 15 is 0 Å². The lowest BCUT2D eigenvalue weighted by Gasteiger charge is -2.24. The van der Waals surface area contributed by atoms with Gasteiger partial charge in [0.05, 0.1) is 6.07 Å². The smallest absolute Gasteiger partial charge is 0.245 e. The molecule has 0 bridgehead atoms. The first-order valence-corrected chi connectivity index (χ1v) is 9.14. The summed E-state index contributed by atoms with van der Waals surface area (Å²) in [6.07, 6.45) is 4.28. The summed E-state index contributed by atoms with van der Waals surface area (Å²) in [6.45, 7) is 0.607. The quantitative estimate of drug-likeness (QED) is 0.790. The van der Waals surface area contributed by atoms with Crippen molar-refractivity contribution >= 4 is 17.6 Å². The number of hydrogen-bond donors (Lipinski definition) is 1. The van der Waals surface area contributed by atoms with Gasteiger partial charge in [-0.15, -0.1) is 0 Å². The van der Waals surface area contributed by atoms with Gasteiger partial charge in [0, 0.05) is 31.5 Å². The Hall–Kier alpha value is -2.68. The molecule has 6 heteroatoms. The van der Waals surface area contributed by atoms with Crippen molar-refractivity contribution in [2.45, 2.75) is 44.7 Å². The lowest BCUT2D eigenvalue weighted by atomic mass is 9.92. The molecule has 6 nitrogen and oxygen atoms in total. The number of carbonyl (C=O) groups excluding carboxylic acids is 3. The van der Waals surface area contributed by atoms with Gasteiger partial charge in [0.15, 0.2) is 11.7 Å². The molecule has 1 saturated carbocycles. The fourth-order valence-electron chi connectivity index (χ4n) is 3.87. The van der Waals surface area contributed by atoms with Gasteiger partial charge < -0.3 is 10.2 Å². The Morgan fingerprint density at radius 1 is 1.23 bits per heavy atom. The zero-order chi connectivity index (χ0) is 18.5. The average molecular weight is 353 g/mol. The minimum Gasteiger partial charge on any atom is -0.350 e. The molecule has 2 aliphatic rings. The highest BCUT2D eigenvalue weighted by atomic mass is 16.2. The van der Waals surface area contributed by atoms with Crippen LogP contribution < -0.4 is 5.32 Å². The predicted octanol–water partition coefficient (Wildman–Crippen LogP) is 1.80. The number of nitrogens with one attached hydrogen (secondary N) is 1. The predicted molar refractivity (Wildman–Crippen MR) is 94.5 cm³/mol. The SMILES string of the molecule is N#C[C@H](C(=O)NCc1ccccc1)C(=O)[C@H]1CC(=O)N(C2CCCC2)C1. The summed E-state index contributed by atoms with van der Waals surface area (Å²) in [6, 6.07) is 11.3. The van der Waals surface area contributed by atoms with E-state index in [0.717, 1.165) is 31.2 Å². The molecule has 0 radical (unpaired) electrons. The summed E-state index contributed by atoms with van der Waals surface area (Å²) >= 11 is 0. The van der Waals surface area contributed by atoms with Crippen molar-refractivity contribution in [2.24, 2.45) is 11.8 Å². The Kier molecular flexibility index (Phi) is 5.67. The number of carbonyl (C=O) groups is 3. The number of hydrogen-bond acceptors (Lipinski definition) is 4. The highest BCUT2D eigenvalue weighted by Crippen LogP contribution is 2.30. The Balaban J connectivity index is 1.59. The van der Waals surface area contributed by atoms with Gasteiger partial charge in [0.25, 0.3) is 0 Å². The van der Waals surface area contributed by atoms with Gasteiger partial charge in [-0.2, -0.15) is 5.26 Å². The van der Waals surface area contributed by atoms with Crippen molar-refractivity contribution in [3.8, 4) is 6.07 Å². The maximum absolute atomic E-state index is 12.7. The molecule has 2 atom stereocenters. The van der Waals surface area contributed by atoms with Gasteiger partial charge in [0.1, 0.15) is 0 Å². The van der Waals surface area contributed by atoms with E-state index in [1.165, 1.54) is 0 Å². The zero-order valence-corrected chi connectivity index (χ0v) is 14.7. The third-order valence-corrected chi connectivity index (χ3v) is 5.31. The Bertz CT molecular complexity index is 720. The van der Waals surface area contributed by atoms with Gasteiger partial charge in [-0.25, -0.2) is 0 Å². The molecule has 2 fully saturated rings. The van der Waals surface area contributed by atoms with Gasteiger partial charge in [-0.1, -0.05) is 43.2 Å². The number of ketones is 1. The summed E-state index contributed by atoms with van der Waals surface area (Å²) in [4.78, 5) is 39.0. The topological polar surface area (TPSA) is 90.3 Å². The van der Waals surface area contributed by atoms with Crippen molar-refractivity contribution in [3.63, 3.8) is 0 Å². The maximum atomic E-state index is 12.7. The third-order valence-electron chi connectivity index (χ3n) is 5.31. The van der Waals surface area contributed by atoms with Gasteiger partial charge in [0.2, 0.25) is 11.8 Å². The molecule has 1 N–H and O–H groups in total. The molecule has 1 saturated heterocycles. The molecule has 2 amide bonds. The highest BCUT2D eigenvalue weighted by molar-refractivity contribution is 6.06. The molecule has 3 rings (SSSR count). The van der Waals surface area contributed by atoms with Crippen LogP contribution in [-0.2, 0) is 20.9 Å². The Morgan fingerprint density at radius 3 is 2.58 bits per heavy atom. The minimum atomic E-state index is -1.36. The average Bonchev–Trinajstić information content (AvgIpc) is 3.30. The molecular weight excluding hydrogens is 330 g/mol. The first-order chi connectivity index (χ1) is 12.6. The van der Waals surface area contributed by atoms with Crippen molar-refractivity contribution in [1.29, 1.82) is 5.26 Å². The van der Waals surface area contributed by atoms with Crippen LogP contribution in [0.25, 0.3) is 0 Å². The van der Waals surface area contributed by atoms with Crippen LogP contribution in [0.5, 0.6) is 0 Å². The van der Waals surface area contributed by atoms with Gasteiger partial charge in [-0.3, -0.25) is 14.4 Å². The molecule has 1 aromatic carbocycles. The van der Waals surface area contributed by atoms with Gasteiger partial charge >= 0.3 is 0 Å². The summed E-state index contributed by atoms with van der Waals surface area (Å²) < 4.78 is 0. The van der Waals surface area contributed by atoms with Crippen LogP contribution in [0, 0.1) is 23.2 Å². The van der Waals surface area contributed by atoms with E-state index < -0.39 is 23.5 Å². The number of nitriles is 1. The summed E-state index contributed by atoms with van der Waals surface area (Å²) in [7, 11) is 0. The fourth-order valence-corrected chi connectivity index (χ4v) is 3.87. The van der Waals surface area contributed by atoms with Gasteiger partial charge in [-0.05, 0) is 18.4 Å². The summed E-state index contributed by atoms with van der Waals surface area (Å²) in [5.74, 6) is -2.98. The molecule has 0 aromatic heterocycles. The second kappa shape index (κ2) is 8.13. The molecule has 136 valence electrons. The van der Waals surface area contributed by atoms with Crippen molar-refractivity contribution in [1.82, 2.24) is 10.2 Å². The largest absolute Gasteiger partial charge is 0.350 e. The zero-order valence-electron chi connectivity index (χ0n) is 14.7. The maximum Gasteiger partial charge on any atom is 0.245 e. The minimum absolute atomic E-state index is 0.0309. The molecule has 0 spiro atoms. The van der Waals surface area contributed by atoms with E-state index in [0.29, 0.717) is 6.54 Å². The second-order valence-electron chi connectivity index (χ2n) is 7.05. The van der Waals surface area contributed by atoms with E-state index in [-0.39, 0.29) is 24.9 Å². The molecule has 1 aliphatic heterocycles. The Morgan fingerprint density at radius 2 is 1.92 bits per heavy atom. The number of nitrogens with zero attached hydrogens (tertiary/aromatic N) is 2. The van der Waals surface area contributed by atoms with Crippen LogP contribution in [0.2, 0.25) is 0 Å². The van der Waals surface area contributed by atoms with Crippen LogP contribution in [-0.4, -0.2) is 35.1 Å². The molecule has 1 aliphatic carbocycles. The van der Waals surface area contributed by atoms with Crippen LogP contribution in [0.4, 0.5) is 0 Å².